The Morgan fingerprint density at radius 1 is 0.900 bits per heavy atom. The van der Waals surface area contributed by atoms with Crippen molar-refractivity contribution in [1.82, 2.24) is 0 Å². The normalized spacial score (nSPS) is 10.3. The van der Waals surface area contributed by atoms with Gasteiger partial charge in [-0.05, 0) is 30.3 Å². The average Bonchev–Trinajstić information content (AvgIpc) is 2.47. The van der Waals surface area contributed by atoms with Gasteiger partial charge in [0.15, 0.2) is 0 Å². The van der Waals surface area contributed by atoms with Crippen molar-refractivity contribution >= 4 is 15.7 Å². The second-order valence-corrected chi connectivity index (χ2v) is 5.58. The molecular weight excluding hydrogens is 274 g/mol. The molecule has 98 valence electrons. The number of hydrogen-bond acceptors (Lipinski definition) is 4. The van der Waals surface area contributed by atoms with E-state index in [-0.39, 0.29) is 21.7 Å². The minimum atomic E-state index is -3.70. The topological polar surface area (TPSA) is 93.8 Å². The number of rotatable bonds is 3. The van der Waals surface area contributed by atoms with Crippen molar-refractivity contribution < 1.29 is 8.42 Å². The molecule has 20 heavy (non-hydrogen) atoms. The Morgan fingerprint density at radius 3 is 2.15 bits per heavy atom. The maximum atomic E-state index is 12.1. The first-order valence-electron chi connectivity index (χ1n) is 5.59. The van der Waals surface area contributed by atoms with Crippen LogP contribution in [0.5, 0.6) is 0 Å². The first-order valence-corrected chi connectivity index (χ1v) is 7.07. The van der Waals surface area contributed by atoms with Crippen molar-refractivity contribution in [3.05, 3.63) is 59.7 Å². The number of nitriles is 2. The van der Waals surface area contributed by atoms with E-state index in [1.54, 1.807) is 18.2 Å². The highest BCUT2D eigenvalue weighted by molar-refractivity contribution is 7.92. The lowest BCUT2D eigenvalue weighted by Crippen LogP contribution is -2.12. The molecule has 0 spiro atoms. The van der Waals surface area contributed by atoms with Gasteiger partial charge in [-0.25, -0.2) is 8.42 Å². The van der Waals surface area contributed by atoms with E-state index < -0.39 is 10.0 Å². The SMILES string of the molecule is N#Cc1ccc(NS(=O)(=O)c2ccccc2)cc1C#N. The van der Waals surface area contributed by atoms with Crippen molar-refractivity contribution in [2.75, 3.05) is 4.72 Å². The second-order valence-electron chi connectivity index (χ2n) is 3.90. The summed E-state index contributed by atoms with van der Waals surface area (Å²) >= 11 is 0. The van der Waals surface area contributed by atoms with Crippen LogP contribution in [-0.4, -0.2) is 8.42 Å². The molecule has 0 amide bonds. The molecule has 2 aromatic rings. The van der Waals surface area contributed by atoms with Crippen LogP contribution in [0.15, 0.2) is 53.4 Å². The Hall–Kier alpha value is -2.83. The van der Waals surface area contributed by atoms with Gasteiger partial charge < -0.3 is 0 Å². The lowest BCUT2D eigenvalue weighted by Gasteiger charge is -2.08. The summed E-state index contributed by atoms with van der Waals surface area (Å²) in [7, 11) is -3.70. The predicted molar refractivity (Wildman–Crippen MR) is 73.1 cm³/mol. The maximum Gasteiger partial charge on any atom is 0.261 e. The fourth-order valence-corrected chi connectivity index (χ4v) is 2.68. The van der Waals surface area contributed by atoms with Crippen molar-refractivity contribution in [1.29, 1.82) is 10.5 Å². The van der Waals surface area contributed by atoms with Gasteiger partial charge in [0, 0.05) is 0 Å². The molecule has 0 aromatic heterocycles. The first-order chi connectivity index (χ1) is 9.56. The fourth-order valence-electron chi connectivity index (χ4n) is 1.61. The van der Waals surface area contributed by atoms with Crippen LogP contribution in [-0.2, 0) is 10.0 Å². The fraction of sp³-hybridized carbons (Fsp3) is 0. The van der Waals surface area contributed by atoms with Gasteiger partial charge in [0.2, 0.25) is 0 Å². The maximum absolute atomic E-state index is 12.1. The molecule has 0 saturated carbocycles. The van der Waals surface area contributed by atoms with Gasteiger partial charge in [0.25, 0.3) is 10.0 Å². The molecule has 0 fully saturated rings. The van der Waals surface area contributed by atoms with Gasteiger partial charge in [-0.3, -0.25) is 4.72 Å². The summed E-state index contributed by atoms with van der Waals surface area (Å²) in [5, 5.41) is 17.7. The van der Waals surface area contributed by atoms with E-state index in [0.717, 1.165) is 0 Å². The van der Waals surface area contributed by atoms with Crippen molar-refractivity contribution in [2.24, 2.45) is 0 Å². The third-order valence-electron chi connectivity index (χ3n) is 2.57. The lowest BCUT2D eigenvalue weighted by atomic mass is 10.1. The van der Waals surface area contributed by atoms with Crippen LogP contribution in [0.3, 0.4) is 0 Å². The second kappa shape index (κ2) is 5.43. The van der Waals surface area contributed by atoms with Gasteiger partial charge in [-0.1, -0.05) is 18.2 Å². The molecule has 0 aliphatic carbocycles. The van der Waals surface area contributed by atoms with Crippen LogP contribution in [0.25, 0.3) is 0 Å². The molecule has 0 bridgehead atoms. The molecule has 0 atom stereocenters. The molecule has 2 rings (SSSR count). The summed E-state index contributed by atoms with van der Waals surface area (Å²) in [5.41, 5.74) is 0.570. The Balaban J connectivity index is 2.37. The number of sulfonamides is 1. The van der Waals surface area contributed by atoms with E-state index in [4.69, 9.17) is 10.5 Å². The van der Waals surface area contributed by atoms with Gasteiger partial charge in [-0.15, -0.1) is 0 Å². The van der Waals surface area contributed by atoms with E-state index >= 15 is 0 Å². The minimum absolute atomic E-state index is 0.126. The van der Waals surface area contributed by atoms with Crippen molar-refractivity contribution in [3.63, 3.8) is 0 Å². The van der Waals surface area contributed by atoms with E-state index in [2.05, 4.69) is 4.72 Å². The quantitative estimate of drug-likeness (QED) is 0.934. The molecular formula is C14H9N3O2S. The summed E-state index contributed by atoms with van der Waals surface area (Å²) in [6.45, 7) is 0. The molecule has 0 saturated heterocycles. The third-order valence-corrected chi connectivity index (χ3v) is 3.96. The molecule has 0 aliphatic heterocycles. The summed E-state index contributed by atoms with van der Waals surface area (Å²) < 4.78 is 26.6. The highest BCUT2D eigenvalue weighted by Gasteiger charge is 2.14. The highest BCUT2D eigenvalue weighted by Crippen LogP contribution is 2.18. The molecule has 0 heterocycles. The van der Waals surface area contributed by atoms with Crippen LogP contribution in [0.4, 0.5) is 5.69 Å². The van der Waals surface area contributed by atoms with E-state index in [1.807, 2.05) is 12.1 Å². The largest absolute Gasteiger partial charge is 0.280 e. The number of hydrogen-bond donors (Lipinski definition) is 1. The highest BCUT2D eigenvalue weighted by atomic mass is 32.2. The Morgan fingerprint density at radius 2 is 1.55 bits per heavy atom. The van der Waals surface area contributed by atoms with E-state index in [9.17, 15) is 8.42 Å². The Kier molecular flexibility index (Phi) is 3.69. The number of anilines is 1. The zero-order valence-corrected chi connectivity index (χ0v) is 11.1. The van der Waals surface area contributed by atoms with E-state index in [0.29, 0.717) is 0 Å². The summed E-state index contributed by atoms with van der Waals surface area (Å²) in [6.07, 6.45) is 0. The number of nitrogens with zero attached hydrogens (tertiary/aromatic N) is 2. The zero-order valence-electron chi connectivity index (χ0n) is 10.2. The first kappa shape index (κ1) is 13.6. The molecule has 0 radical (unpaired) electrons. The van der Waals surface area contributed by atoms with E-state index in [1.165, 1.54) is 30.3 Å². The van der Waals surface area contributed by atoms with Crippen molar-refractivity contribution in [3.8, 4) is 12.1 Å². The van der Waals surface area contributed by atoms with Crippen LogP contribution in [0, 0.1) is 22.7 Å². The van der Waals surface area contributed by atoms with Crippen LogP contribution in [0.1, 0.15) is 11.1 Å². The van der Waals surface area contributed by atoms with Crippen LogP contribution < -0.4 is 4.72 Å². The zero-order chi connectivity index (χ0) is 14.6. The molecule has 2 aromatic carbocycles. The minimum Gasteiger partial charge on any atom is -0.280 e. The average molecular weight is 283 g/mol. The van der Waals surface area contributed by atoms with Gasteiger partial charge in [0.1, 0.15) is 12.1 Å². The molecule has 0 aliphatic rings. The van der Waals surface area contributed by atoms with Crippen LogP contribution in [0.2, 0.25) is 0 Å². The third kappa shape index (κ3) is 2.77. The van der Waals surface area contributed by atoms with Gasteiger partial charge in [0.05, 0.1) is 21.7 Å². The van der Waals surface area contributed by atoms with Gasteiger partial charge >= 0.3 is 0 Å². The smallest absolute Gasteiger partial charge is 0.261 e. The van der Waals surface area contributed by atoms with Gasteiger partial charge in [-0.2, -0.15) is 10.5 Å². The summed E-state index contributed by atoms with van der Waals surface area (Å²) in [5.74, 6) is 0. The Labute approximate surface area is 116 Å². The summed E-state index contributed by atoms with van der Waals surface area (Å²) in [4.78, 5) is 0.128. The molecule has 6 heteroatoms. The molecule has 5 nitrogen and oxygen atoms in total. The van der Waals surface area contributed by atoms with Crippen molar-refractivity contribution in [2.45, 2.75) is 4.90 Å². The lowest BCUT2D eigenvalue weighted by molar-refractivity contribution is 0.601. The van der Waals surface area contributed by atoms with Crippen LogP contribution >= 0.6 is 0 Å². The molecule has 0 unspecified atom stereocenters. The predicted octanol–water partition coefficient (Wildman–Crippen LogP) is 2.23. The number of benzene rings is 2. The molecule has 1 N–H and O–H groups in total. The number of nitrogens with one attached hydrogen (secondary N) is 1. The monoisotopic (exact) mass is 283 g/mol. The Bertz CT molecular complexity index is 816. The summed E-state index contributed by atoms with van der Waals surface area (Å²) in [6, 6.07) is 15.8. The standard InChI is InChI=1S/C14H9N3O2S/c15-9-11-6-7-13(8-12(11)10-16)17-20(18,19)14-4-2-1-3-5-14/h1-8,17H.